The number of hydrogen-bond donors (Lipinski definition) is 2. The normalized spacial score (nSPS) is 11.9. The fraction of sp³-hybridized carbons (Fsp3) is 0.417. The highest BCUT2D eigenvalue weighted by Gasteiger charge is 2.12. The molecular weight excluding hydrogens is 252 g/mol. The smallest absolute Gasteiger partial charge is 0.335 e. The molecule has 6 heteroatoms. The van der Waals surface area contributed by atoms with Gasteiger partial charge in [-0.15, -0.1) is 0 Å². The molecule has 0 aliphatic rings. The zero-order chi connectivity index (χ0) is 13.5. The van der Waals surface area contributed by atoms with Gasteiger partial charge in [0.25, 0.3) is 0 Å². The molecule has 1 amide bonds. The van der Waals surface area contributed by atoms with Gasteiger partial charge in [-0.05, 0) is 18.4 Å². The van der Waals surface area contributed by atoms with Crippen LogP contribution in [0.1, 0.15) is 23.0 Å². The monoisotopic (exact) mass is 268 g/mol. The number of hydrogen-bond acceptors (Lipinski definition) is 4. The van der Waals surface area contributed by atoms with Crippen molar-refractivity contribution in [2.75, 3.05) is 12.0 Å². The van der Waals surface area contributed by atoms with Gasteiger partial charge in [-0.2, -0.15) is 11.8 Å². The highest BCUT2D eigenvalue weighted by Crippen LogP contribution is 2.05. The number of carbonyl (C=O) groups is 2. The molecule has 1 aromatic rings. The molecule has 0 saturated heterocycles. The lowest BCUT2D eigenvalue weighted by atomic mass is 10.2. The van der Waals surface area contributed by atoms with Crippen LogP contribution in [-0.2, 0) is 11.3 Å². The van der Waals surface area contributed by atoms with E-state index < -0.39 is 5.97 Å². The molecule has 0 bridgehead atoms. The van der Waals surface area contributed by atoms with Crippen LogP contribution in [0.4, 0.5) is 0 Å². The number of carbonyl (C=O) groups excluding carboxylic acids is 1. The number of rotatable bonds is 6. The van der Waals surface area contributed by atoms with Crippen molar-refractivity contribution in [3.8, 4) is 0 Å². The molecule has 0 saturated carbocycles. The largest absolute Gasteiger partial charge is 0.478 e. The van der Waals surface area contributed by atoms with Crippen LogP contribution in [0, 0.1) is 5.92 Å². The third kappa shape index (κ3) is 4.37. The van der Waals surface area contributed by atoms with E-state index in [4.69, 9.17) is 5.11 Å². The molecule has 0 aliphatic carbocycles. The summed E-state index contributed by atoms with van der Waals surface area (Å²) in [6.45, 7) is 2.10. The van der Waals surface area contributed by atoms with Gasteiger partial charge in [-0.1, -0.05) is 6.92 Å². The standard InChI is InChI=1S/C12H16N2O3S/c1-8(7-18-2)11(15)14-6-10-5-9(12(16)17)3-4-13-10/h3-5,8H,6-7H2,1-2H3,(H,14,15)(H,16,17). The second kappa shape index (κ2) is 7.00. The van der Waals surface area contributed by atoms with E-state index in [0.717, 1.165) is 5.75 Å². The Hall–Kier alpha value is -1.56. The van der Waals surface area contributed by atoms with Crippen molar-refractivity contribution in [2.24, 2.45) is 5.92 Å². The highest BCUT2D eigenvalue weighted by atomic mass is 32.2. The molecule has 0 aromatic carbocycles. The van der Waals surface area contributed by atoms with Crippen molar-refractivity contribution >= 4 is 23.6 Å². The minimum Gasteiger partial charge on any atom is -0.478 e. The van der Waals surface area contributed by atoms with E-state index in [1.165, 1.54) is 18.3 Å². The Balaban J connectivity index is 2.55. The topological polar surface area (TPSA) is 79.3 Å². The van der Waals surface area contributed by atoms with E-state index in [0.29, 0.717) is 5.69 Å². The lowest BCUT2D eigenvalue weighted by Gasteiger charge is -2.10. The lowest BCUT2D eigenvalue weighted by molar-refractivity contribution is -0.124. The summed E-state index contributed by atoms with van der Waals surface area (Å²) < 4.78 is 0. The van der Waals surface area contributed by atoms with Crippen LogP contribution in [0.5, 0.6) is 0 Å². The quantitative estimate of drug-likeness (QED) is 0.815. The van der Waals surface area contributed by atoms with Crippen molar-refractivity contribution in [3.05, 3.63) is 29.6 Å². The number of carboxylic acid groups (broad SMARTS) is 1. The van der Waals surface area contributed by atoms with Gasteiger partial charge in [0.15, 0.2) is 0 Å². The molecule has 1 atom stereocenters. The summed E-state index contributed by atoms with van der Waals surface area (Å²) in [6, 6.07) is 2.88. The van der Waals surface area contributed by atoms with Gasteiger partial charge in [0.2, 0.25) is 5.91 Å². The van der Waals surface area contributed by atoms with Crippen LogP contribution < -0.4 is 5.32 Å². The van der Waals surface area contributed by atoms with Crippen LogP contribution in [0.15, 0.2) is 18.3 Å². The van der Waals surface area contributed by atoms with Crippen molar-refractivity contribution in [2.45, 2.75) is 13.5 Å². The molecular formula is C12H16N2O3S. The molecule has 2 N–H and O–H groups in total. The maximum absolute atomic E-state index is 11.7. The van der Waals surface area contributed by atoms with Gasteiger partial charge >= 0.3 is 5.97 Å². The van der Waals surface area contributed by atoms with Crippen molar-refractivity contribution < 1.29 is 14.7 Å². The number of nitrogens with zero attached hydrogens (tertiary/aromatic N) is 1. The molecule has 1 aromatic heterocycles. The molecule has 1 rings (SSSR count). The van der Waals surface area contributed by atoms with Crippen LogP contribution in [0.3, 0.4) is 0 Å². The number of aromatic nitrogens is 1. The van der Waals surface area contributed by atoms with E-state index in [2.05, 4.69) is 10.3 Å². The van der Waals surface area contributed by atoms with E-state index in [1.54, 1.807) is 11.8 Å². The Morgan fingerprint density at radius 1 is 1.56 bits per heavy atom. The van der Waals surface area contributed by atoms with Crippen LogP contribution in [0.2, 0.25) is 0 Å². The third-order valence-corrected chi connectivity index (χ3v) is 3.20. The second-order valence-corrected chi connectivity index (χ2v) is 4.83. The zero-order valence-electron chi connectivity index (χ0n) is 10.3. The number of amides is 1. The Kier molecular flexibility index (Phi) is 5.64. The van der Waals surface area contributed by atoms with Gasteiger partial charge in [0.1, 0.15) is 0 Å². The van der Waals surface area contributed by atoms with Crippen LogP contribution in [-0.4, -0.2) is 34.0 Å². The first kappa shape index (κ1) is 14.5. The molecule has 18 heavy (non-hydrogen) atoms. The summed E-state index contributed by atoms with van der Waals surface area (Å²) in [6.07, 6.45) is 3.37. The van der Waals surface area contributed by atoms with E-state index in [9.17, 15) is 9.59 Å². The fourth-order valence-corrected chi connectivity index (χ4v) is 2.04. The summed E-state index contributed by atoms with van der Waals surface area (Å²) in [5, 5.41) is 11.6. The lowest BCUT2D eigenvalue weighted by Crippen LogP contribution is -2.30. The molecule has 98 valence electrons. The summed E-state index contributed by atoms with van der Waals surface area (Å²) in [5.41, 5.74) is 0.714. The number of pyridine rings is 1. The first-order valence-corrected chi connectivity index (χ1v) is 6.89. The molecule has 1 unspecified atom stereocenters. The molecule has 5 nitrogen and oxygen atoms in total. The van der Waals surface area contributed by atoms with Gasteiger partial charge < -0.3 is 10.4 Å². The maximum atomic E-state index is 11.7. The second-order valence-electron chi connectivity index (χ2n) is 3.92. The van der Waals surface area contributed by atoms with Gasteiger partial charge in [-0.3, -0.25) is 9.78 Å². The Morgan fingerprint density at radius 3 is 2.89 bits per heavy atom. The van der Waals surface area contributed by atoms with E-state index >= 15 is 0 Å². The minimum absolute atomic E-state index is 0.0492. The first-order chi connectivity index (χ1) is 8.54. The maximum Gasteiger partial charge on any atom is 0.335 e. The highest BCUT2D eigenvalue weighted by molar-refractivity contribution is 7.98. The average molecular weight is 268 g/mol. The average Bonchev–Trinajstić information content (AvgIpc) is 2.36. The van der Waals surface area contributed by atoms with Gasteiger partial charge in [0.05, 0.1) is 17.8 Å². The first-order valence-electron chi connectivity index (χ1n) is 5.49. The van der Waals surface area contributed by atoms with Crippen LogP contribution >= 0.6 is 11.8 Å². The molecule has 0 aliphatic heterocycles. The molecule has 0 spiro atoms. The summed E-state index contributed by atoms with van der Waals surface area (Å²) in [4.78, 5) is 26.4. The van der Waals surface area contributed by atoms with Gasteiger partial charge in [-0.25, -0.2) is 4.79 Å². The van der Waals surface area contributed by atoms with Gasteiger partial charge in [0, 0.05) is 17.9 Å². The predicted molar refractivity (Wildman–Crippen MR) is 70.6 cm³/mol. The van der Waals surface area contributed by atoms with Crippen molar-refractivity contribution in [1.82, 2.24) is 10.3 Å². The number of nitrogens with one attached hydrogen (secondary N) is 1. The summed E-state index contributed by atoms with van der Waals surface area (Å²) >= 11 is 1.61. The fourth-order valence-electron chi connectivity index (χ4n) is 1.39. The van der Waals surface area contributed by atoms with E-state index in [1.807, 2.05) is 13.2 Å². The number of thioether (sulfide) groups is 1. The minimum atomic E-state index is -0.999. The zero-order valence-corrected chi connectivity index (χ0v) is 11.2. The predicted octanol–water partition coefficient (Wildman–Crippen LogP) is 1.40. The third-order valence-electron chi connectivity index (χ3n) is 2.37. The molecule has 0 radical (unpaired) electrons. The summed E-state index contributed by atoms with van der Waals surface area (Å²) in [7, 11) is 0. The SMILES string of the molecule is CSCC(C)C(=O)NCc1cc(C(=O)O)ccn1. The molecule has 0 fully saturated rings. The van der Waals surface area contributed by atoms with E-state index in [-0.39, 0.29) is 23.9 Å². The van der Waals surface area contributed by atoms with Crippen molar-refractivity contribution in [1.29, 1.82) is 0 Å². The number of aromatic carboxylic acids is 1. The number of carboxylic acids is 1. The molecule has 1 heterocycles. The Bertz CT molecular complexity index is 437. The Labute approximate surface area is 110 Å². The van der Waals surface area contributed by atoms with Crippen molar-refractivity contribution in [3.63, 3.8) is 0 Å². The summed E-state index contributed by atoms with van der Waals surface area (Å²) in [5.74, 6) is -0.357. The Morgan fingerprint density at radius 2 is 2.28 bits per heavy atom. The van der Waals surface area contributed by atoms with Crippen LogP contribution in [0.25, 0.3) is 0 Å².